The molecule has 1 aromatic carbocycles. The van der Waals surface area contributed by atoms with Crippen LogP contribution in [0.15, 0.2) is 10.5 Å². The summed E-state index contributed by atoms with van der Waals surface area (Å²) in [7, 11) is 0. The molecule has 4 rings (SSSR count). The molecule has 2 unspecified atom stereocenters. The lowest BCUT2D eigenvalue weighted by Crippen LogP contribution is -2.55. The first-order valence-electron chi connectivity index (χ1n) is 7.63. The maximum absolute atomic E-state index is 14.5. The van der Waals surface area contributed by atoms with E-state index in [0.29, 0.717) is 24.3 Å². The van der Waals surface area contributed by atoms with Gasteiger partial charge in [0.15, 0.2) is 5.82 Å². The van der Waals surface area contributed by atoms with Crippen molar-refractivity contribution in [2.75, 3.05) is 18.0 Å². The van der Waals surface area contributed by atoms with Gasteiger partial charge in [-0.05, 0) is 46.4 Å². The molecule has 0 aliphatic carbocycles. The molecule has 25 heavy (non-hydrogen) atoms. The number of hydrogen-bond donors (Lipinski definition) is 1. The molecule has 1 aromatic heterocycles. The molecule has 1 amide bonds. The van der Waals surface area contributed by atoms with Gasteiger partial charge in [0.25, 0.3) is 0 Å². The van der Waals surface area contributed by atoms with Crippen LogP contribution >= 0.6 is 39.1 Å². The summed E-state index contributed by atoms with van der Waals surface area (Å²) in [6, 6.07) is 1.37. The van der Waals surface area contributed by atoms with E-state index in [4.69, 9.17) is 23.2 Å². The standard InChI is InChI=1S/C15H12BrCl2FN4O2/c16-10-9(17)3-8-12(11(10)19)20-14(18)21-13(8)22-4-6-1-2-7(5-22)23(6)15(24)25/h3,6-7H,1-2,4-5H2,(H,24,25). The Hall–Kier alpha value is -1.38. The molecule has 2 aliphatic heterocycles. The summed E-state index contributed by atoms with van der Waals surface area (Å²) in [5.74, 6) is -0.120. The molecule has 10 heteroatoms. The lowest BCUT2D eigenvalue weighted by Gasteiger charge is -2.40. The molecule has 2 saturated heterocycles. The summed E-state index contributed by atoms with van der Waals surface area (Å²) in [5, 5.41) is 9.99. The number of piperazine rings is 1. The number of rotatable bonds is 1. The van der Waals surface area contributed by atoms with Gasteiger partial charge in [0.05, 0.1) is 21.6 Å². The van der Waals surface area contributed by atoms with Gasteiger partial charge in [-0.25, -0.2) is 14.2 Å². The lowest BCUT2D eigenvalue weighted by molar-refractivity contribution is 0.114. The summed E-state index contributed by atoms with van der Waals surface area (Å²) in [5.41, 5.74) is 0.0827. The van der Waals surface area contributed by atoms with E-state index in [1.54, 1.807) is 6.07 Å². The second kappa shape index (κ2) is 6.10. The van der Waals surface area contributed by atoms with Crippen LogP contribution in [0, 0.1) is 5.82 Å². The van der Waals surface area contributed by atoms with Crippen molar-refractivity contribution in [2.45, 2.75) is 24.9 Å². The van der Waals surface area contributed by atoms with Gasteiger partial charge in [-0.2, -0.15) is 4.98 Å². The number of carbonyl (C=O) groups is 1. The maximum atomic E-state index is 14.5. The van der Waals surface area contributed by atoms with E-state index < -0.39 is 11.9 Å². The molecular weight excluding hydrogens is 438 g/mol. The molecule has 0 spiro atoms. The fourth-order valence-electron chi connectivity index (χ4n) is 3.76. The Bertz CT molecular complexity index is 886. The Labute approximate surface area is 160 Å². The van der Waals surface area contributed by atoms with Crippen LogP contribution in [-0.2, 0) is 0 Å². The van der Waals surface area contributed by atoms with E-state index >= 15 is 0 Å². The highest BCUT2D eigenvalue weighted by atomic mass is 79.9. The Balaban J connectivity index is 1.82. The number of benzene rings is 1. The van der Waals surface area contributed by atoms with Crippen molar-refractivity contribution in [3.63, 3.8) is 0 Å². The number of aromatic nitrogens is 2. The topological polar surface area (TPSA) is 69.6 Å². The quantitative estimate of drug-likeness (QED) is 0.522. The second-order valence-electron chi connectivity index (χ2n) is 6.18. The van der Waals surface area contributed by atoms with Crippen molar-refractivity contribution in [1.29, 1.82) is 0 Å². The van der Waals surface area contributed by atoms with Gasteiger partial charge in [0.1, 0.15) is 11.3 Å². The maximum Gasteiger partial charge on any atom is 0.407 e. The number of amides is 1. The molecule has 2 aliphatic rings. The van der Waals surface area contributed by atoms with Crippen LogP contribution in [0.2, 0.25) is 10.3 Å². The van der Waals surface area contributed by atoms with Crippen molar-refractivity contribution in [1.82, 2.24) is 14.9 Å². The summed E-state index contributed by atoms with van der Waals surface area (Å²) < 4.78 is 14.7. The number of carboxylic acid groups (broad SMARTS) is 1. The van der Waals surface area contributed by atoms with E-state index in [9.17, 15) is 14.3 Å². The van der Waals surface area contributed by atoms with Gasteiger partial charge in [0.2, 0.25) is 5.28 Å². The smallest absolute Gasteiger partial charge is 0.407 e. The van der Waals surface area contributed by atoms with Gasteiger partial charge in [-0.3, -0.25) is 4.90 Å². The zero-order valence-electron chi connectivity index (χ0n) is 12.7. The van der Waals surface area contributed by atoms with E-state index in [0.717, 1.165) is 12.8 Å². The first-order valence-corrected chi connectivity index (χ1v) is 9.18. The normalized spacial score (nSPS) is 22.7. The first-order chi connectivity index (χ1) is 11.9. The van der Waals surface area contributed by atoms with Crippen LogP contribution in [0.25, 0.3) is 10.9 Å². The van der Waals surface area contributed by atoms with Crippen molar-refractivity contribution in [3.05, 3.63) is 26.7 Å². The van der Waals surface area contributed by atoms with Crippen molar-refractivity contribution in [2.24, 2.45) is 0 Å². The molecule has 3 heterocycles. The summed E-state index contributed by atoms with van der Waals surface area (Å²) in [6.45, 7) is 0.946. The average molecular weight is 450 g/mol. The monoisotopic (exact) mass is 448 g/mol. The van der Waals surface area contributed by atoms with Crippen LogP contribution in [0.3, 0.4) is 0 Å². The molecule has 2 atom stereocenters. The van der Waals surface area contributed by atoms with Crippen LogP contribution in [0.5, 0.6) is 0 Å². The van der Waals surface area contributed by atoms with Crippen LogP contribution in [0.1, 0.15) is 12.8 Å². The van der Waals surface area contributed by atoms with Crippen molar-refractivity contribution < 1.29 is 14.3 Å². The number of fused-ring (bicyclic) bond motifs is 3. The minimum atomic E-state index is -0.907. The third-order valence-corrected chi connectivity index (χ3v) is 6.25. The average Bonchev–Trinajstić information content (AvgIpc) is 2.84. The second-order valence-corrected chi connectivity index (χ2v) is 7.72. The highest BCUT2D eigenvalue weighted by molar-refractivity contribution is 9.10. The minimum absolute atomic E-state index is 0.0661. The van der Waals surface area contributed by atoms with Gasteiger partial charge in [-0.1, -0.05) is 11.6 Å². The summed E-state index contributed by atoms with van der Waals surface area (Å²) in [4.78, 5) is 23.2. The molecule has 0 radical (unpaired) electrons. The molecular formula is C15H12BrCl2FN4O2. The number of anilines is 1. The number of hydrogen-bond acceptors (Lipinski definition) is 4. The van der Waals surface area contributed by atoms with Crippen LogP contribution < -0.4 is 4.90 Å². The van der Waals surface area contributed by atoms with E-state index in [1.165, 1.54) is 4.90 Å². The number of nitrogens with zero attached hydrogens (tertiary/aromatic N) is 4. The Morgan fingerprint density at radius 3 is 2.52 bits per heavy atom. The highest BCUT2D eigenvalue weighted by Gasteiger charge is 2.43. The Morgan fingerprint density at radius 2 is 1.92 bits per heavy atom. The van der Waals surface area contributed by atoms with Crippen molar-refractivity contribution in [3.8, 4) is 0 Å². The molecule has 2 bridgehead atoms. The largest absolute Gasteiger partial charge is 0.465 e. The first kappa shape index (κ1) is 17.1. The zero-order chi connectivity index (χ0) is 17.9. The third kappa shape index (κ3) is 2.71. The van der Waals surface area contributed by atoms with E-state index in [2.05, 4.69) is 25.9 Å². The Morgan fingerprint density at radius 1 is 1.28 bits per heavy atom. The van der Waals surface area contributed by atoms with Crippen LogP contribution in [0.4, 0.5) is 15.0 Å². The van der Waals surface area contributed by atoms with Crippen LogP contribution in [-0.4, -0.2) is 51.2 Å². The number of halogens is 4. The molecule has 6 nitrogen and oxygen atoms in total. The highest BCUT2D eigenvalue weighted by Crippen LogP contribution is 2.38. The third-order valence-electron chi connectivity index (χ3n) is 4.78. The van der Waals surface area contributed by atoms with Gasteiger partial charge < -0.3 is 10.0 Å². The molecule has 132 valence electrons. The molecule has 1 N–H and O–H groups in total. The van der Waals surface area contributed by atoms with E-state index in [1.807, 2.05) is 4.90 Å². The SMILES string of the molecule is O=C(O)N1C2CCC1CN(c1nc(Cl)nc3c(F)c(Br)c(Cl)cc13)C2. The zero-order valence-corrected chi connectivity index (χ0v) is 15.8. The Kier molecular flexibility index (Phi) is 4.16. The summed E-state index contributed by atoms with van der Waals surface area (Å²) in [6.07, 6.45) is 0.686. The fourth-order valence-corrected chi connectivity index (χ4v) is 4.42. The molecule has 2 aromatic rings. The van der Waals surface area contributed by atoms with Gasteiger partial charge in [-0.15, -0.1) is 0 Å². The van der Waals surface area contributed by atoms with Gasteiger partial charge >= 0.3 is 6.09 Å². The predicted octanol–water partition coefficient (Wildman–Crippen LogP) is 4.17. The summed E-state index contributed by atoms with van der Waals surface area (Å²) >= 11 is 15.2. The van der Waals surface area contributed by atoms with Crippen molar-refractivity contribution >= 4 is 61.9 Å². The van der Waals surface area contributed by atoms with Gasteiger partial charge in [0, 0.05) is 18.5 Å². The lowest BCUT2D eigenvalue weighted by atomic mass is 10.1. The molecule has 0 saturated carbocycles. The minimum Gasteiger partial charge on any atom is -0.465 e. The molecule has 2 fully saturated rings. The fraction of sp³-hybridized carbons (Fsp3) is 0.400. The van der Waals surface area contributed by atoms with E-state index in [-0.39, 0.29) is 32.4 Å². The predicted molar refractivity (Wildman–Crippen MR) is 96.1 cm³/mol.